The molecule has 2 heterocycles. The number of hydrogen-bond acceptors (Lipinski definition) is 7. The van der Waals surface area contributed by atoms with Crippen LogP contribution in [0.2, 0.25) is 5.15 Å². The fraction of sp³-hybridized carbons (Fsp3) is 0.250. The maximum Gasteiger partial charge on any atom is 0.249 e. The third-order valence-electron chi connectivity index (χ3n) is 4.74. The summed E-state index contributed by atoms with van der Waals surface area (Å²) >= 11 is 6.09. The minimum Gasteiger partial charge on any atom is -0.495 e. The molecule has 0 unspecified atom stereocenters. The van der Waals surface area contributed by atoms with Crippen LogP contribution in [-0.4, -0.2) is 40.8 Å². The smallest absolute Gasteiger partial charge is 0.249 e. The van der Waals surface area contributed by atoms with Crippen molar-refractivity contribution < 1.29 is 9.13 Å². The van der Waals surface area contributed by atoms with E-state index in [1.165, 1.54) is 17.2 Å². The molecule has 0 saturated carbocycles. The van der Waals surface area contributed by atoms with Crippen LogP contribution in [0.4, 0.5) is 27.5 Å². The van der Waals surface area contributed by atoms with Gasteiger partial charge < -0.3 is 20.3 Å². The molecule has 2 N–H and O–H groups in total. The van der Waals surface area contributed by atoms with Crippen LogP contribution in [0.25, 0.3) is 0 Å². The predicted octanol–water partition coefficient (Wildman–Crippen LogP) is 4.15. The standard InChI is InChI=1S/C20H20ClFN6O/c1-28-8-7-12-10-17(29-2)16(9-13(12)11-28)24-20-25-19(18(21)26-27-20)23-15-6-4-3-5-14(15)22/h3-6,9-10H,7-8,11H2,1-2H3,(H2,23,24,25,27). The van der Waals surface area contributed by atoms with Crippen LogP contribution in [0.3, 0.4) is 0 Å². The average Bonchev–Trinajstić information content (AvgIpc) is 2.71. The van der Waals surface area contributed by atoms with Crippen molar-refractivity contribution in [2.45, 2.75) is 13.0 Å². The van der Waals surface area contributed by atoms with Crippen molar-refractivity contribution in [3.63, 3.8) is 0 Å². The van der Waals surface area contributed by atoms with Crippen LogP contribution < -0.4 is 15.4 Å². The lowest BCUT2D eigenvalue weighted by Gasteiger charge is -2.26. The Morgan fingerprint density at radius 2 is 1.93 bits per heavy atom. The molecular weight excluding hydrogens is 395 g/mol. The van der Waals surface area contributed by atoms with Crippen LogP contribution in [0.1, 0.15) is 11.1 Å². The number of nitrogens with one attached hydrogen (secondary N) is 2. The molecule has 0 saturated heterocycles. The van der Waals surface area contributed by atoms with Crippen LogP contribution >= 0.6 is 11.6 Å². The lowest BCUT2D eigenvalue weighted by molar-refractivity contribution is 0.312. The molecule has 0 radical (unpaired) electrons. The van der Waals surface area contributed by atoms with E-state index in [0.717, 1.165) is 25.2 Å². The molecular formula is C20H20ClFN6O. The lowest BCUT2D eigenvalue weighted by atomic mass is 9.99. The van der Waals surface area contributed by atoms with Crippen LogP contribution in [-0.2, 0) is 13.0 Å². The molecule has 150 valence electrons. The van der Waals surface area contributed by atoms with Crippen molar-refractivity contribution in [3.8, 4) is 5.75 Å². The Balaban J connectivity index is 1.63. The Bertz CT molecular complexity index is 1050. The lowest BCUT2D eigenvalue weighted by Crippen LogP contribution is -2.26. The number of likely N-dealkylation sites (N-methyl/N-ethyl adjacent to an activating group) is 1. The third kappa shape index (κ3) is 4.23. The van der Waals surface area contributed by atoms with E-state index in [1.807, 2.05) is 12.1 Å². The number of nitrogens with zero attached hydrogens (tertiary/aromatic N) is 4. The highest BCUT2D eigenvalue weighted by Gasteiger charge is 2.18. The maximum absolute atomic E-state index is 13.9. The average molecular weight is 415 g/mol. The fourth-order valence-electron chi connectivity index (χ4n) is 3.25. The molecule has 4 rings (SSSR count). The van der Waals surface area contributed by atoms with Gasteiger partial charge in [-0.25, -0.2) is 4.39 Å². The summed E-state index contributed by atoms with van der Waals surface area (Å²) in [5.74, 6) is 0.689. The molecule has 0 amide bonds. The van der Waals surface area contributed by atoms with Crippen molar-refractivity contribution in [1.29, 1.82) is 0 Å². The number of halogens is 2. The summed E-state index contributed by atoms with van der Waals surface area (Å²) in [5.41, 5.74) is 3.45. The highest BCUT2D eigenvalue weighted by Crippen LogP contribution is 2.33. The van der Waals surface area contributed by atoms with Crippen LogP contribution in [0, 0.1) is 5.82 Å². The van der Waals surface area contributed by atoms with E-state index in [1.54, 1.807) is 25.3 Å². The fourth-order valence-corrected chi connectivity index (χ4v) is 3.38. The second-order valence-electron chi connectivity index (χ2n) is 6.81. The number of anilines is 4. The number of rotatable bonds is 5. The molecule has 0 aliphatic carbocycles. The van der Waals surface area contributed by atoms with Gasteiger partial charge in [0.1, 0.15) is 11.6 Å². The number of para-hydroxylation sites is 1. The molecule has 0 bridgehead atoms. The quantitative estimate of drug-likeness (QED) is 0.649. The minimum absolute atomic E-state index is 0.0397. The van der Waals surface area contributed by atoms with Gasteiger partial charge in [0.25, 0.3) is 0 Å². The van der Waals surface area contributed by atoms with Crippen molar-refractivity contribution in [2.75, 3.05) is 31.3 Å². The summed E-state index contributed by atoms with van der Waals surface area (Å²) in [6.07, 6.45) is 0.970. The highest BCUT2D eigenvalue weighted by molar-refractivity contribution is 6.31. The molecule has 0 atom stereocenters. The van der Waals surface area contributed by atoms with Crippen LogP contribution in [0.5, 0.6) is 5.75 Å². The summed E-state index contributed by atoms with van der Waals surface area (Å²) < 4.78 is 19.5. The first kappa shape index (κ1) is 19.4. The van der Waals surface area contributed by atoms with Gasteiger partial charge in [0.15, 0.2) is 11.0 Å². The molecule has 1 aliphatic rings. The second-order valence-corrected chi connectivity index (χ2v) is 7.17. The zero-order chi connectivity index (χ0) is 20.4. The maximum atomic E-state index is 13.9. The summed E-state index contributed by atoms with van der Waals surface area (Å²) in [5, 5.41) is 13.9. The van der Waals surface area contributed by atoms with Gasteiger partial charge in [-0.3, -0.25) is 0 Å². The van der Waals surface area contributed by atoms with Gasteiger partial charge in [-0.15, -0.1) is 10.2 Å². The first-order valence-corrected chi connectivity index (χ1v) is 9.48. The Hall–Kier alpha value is -2.97. The van der Waals surface area contributed by atoms with Crippen LogP contribution in [0.15, 0.2) is 36.4 Å². The van der Waals surface area contributed by atoms with Crippen molar-refractivity contribution in [3.05, 3.63) is 58.5 Å². The Morgan fingerprint density at radius 1 is 1.10 bits per heavy atom. The van der Waals surface area contributed by atoms with Gasteiger partial charge in [0, 0.05) is 13.1 Å². The van der Waals surface area contributed by atoms with Crippen molar-refractivity contribution in [1.82, 2.24) is 20.1 Å². The Kier molecular flexibility index (Phi) is 5.46. The molecule has 0 fully saturated rings. The molecule has 1 aliphatic heterocycles. The summed E-state index contributed by atoms with van der Waals surface area (Å²) in [6, 6.07) is 10.3. The van der Waals surface area contributed by atoms with E-state index in [4.69, 9.17) is 16.3 Å². The van der Waals surface area contributed by atoms with E-state index in [-0.39, 0.29) is 22.6 Å². The molecule has 7 nitrogen and oxygen atoms in total. The topological polar surface area (TPSA) is 75.2 Å². The zero-order valence-electron chi connectivity index (χ0n) is 16.0. The number of ether oxygens (including phenoxy) is 1. The summed E-state index contributed by atoms with van der Waals surface area (Å²) in [4.78, 5) is 6.61. The zero-order valence-corrected chi connectivity index (χ0v) is 16.8. The SMILES string of the molecule is COc1cc2c(cc1Nc1nnc(Cl)c(Nc3ccccc3F)n1)CN(C)CC2. The molecule has 9 heteroatoms. The normalized spacial score (nSPS) is 13.7. The third-order valence-corrected chi connectivity index (χ3v) is 5.00. The Labute approximate surface area is 172 Å². The van der Waals surface area contributed by atoms with Crippen molar-refractivity contribution in [2.24, 2.45) is 0 Å². The molecule has 2 aromatic carbocycles. The number of fused-ring (bicyclic) bond motifs is 1. The van der Waals surface area contributed by atoms with Gasteiger partial charge in [0.05, 0.1) is 18.5 Å². The van der Waals surface area contributed by atoms with E-state index < -0.39 is 5.82 Å². The largest absolute Gasteiger partial charge is 0.495 e. The van der Waals surface area contributed by atoms with Gasteiger partial charge >= 0.3 is 0 Å². The number of aromatic nitrogens is 3. The minimum atomic E-state index is -0.419. The summed E-state index contributed by atoms with van der Waals surface area (Å²) in [6.45, 7) is 1.87. The first-order chi connectivity index (χ1) is 14.0. The monoisotopic (exact) mass is 414 g/mol. The highest BCUT2D eigenvalue weighted by atomic mass is 35.5. The summed E-state index contributed by atoms with van der Waals surface area (Å²) in [7, 11) is 3.71. The van der Waals surface area contributed by atoms with Gasteiger partial charge in [-0.2, -0.15) is 4.98 Å². The second kappa shape index (κ2) is 8.18. The molecule has 1 aromatic heterocycles. The van der Waals surface area contributed by atoms with Gasteiger partial charge in [-0.05, 0) is 48.9 Å². The predicted molar refractivity (Wildman–Crippen MR) is 111 cm³/mol. The molecule has 0 spiro atoms. The van der Waals surface area contributed by atoms with E-state index >= 15 is 0 Å². The van der Waals surface area contributed by atoms with Gasteiger partial charge in [0.2, 0.25) is 5.95 Å². The van der Waals surface area contributed by atoms with E-state index in [9.17, 15) is 4.39 Å². The number of hydrogen-bond donors (Lipinski definition) is 2. The first-order valence-electron chi connectivity index (χ1n) is 9.10. The van der Waals surface area contributed by atoms with E-state index in [0.29, 0.717) is 5.75 Å². The number of benzene rings is 2. The molecule has 3 aromatic rings. The Morgan fingerprint density at radius 3 is 2.72 bits per heavy atom. The number of methoxy groups -OCH3 is 1. The van der Waals surface area contributed by atoms with E-state index in [2.05, 4.69) is 37.8 Å². The van der Waals surface area contributed by atoms with Gasteiger partial charge in [-0.1, -0.05) is 23.7 Å². The van der Waals surface area contributed by atoms with Crippen molar-refractivity contribution >= 4 is 34.7 Å². The molecule has 29 heavy (non-hydrogen) atoms.